The quantitative estimate of drug-likeness (QED) is 0.772. The minimum absolute atomic E-state index is 0.265. The van der Waals surface area contributed by atoms with Gasteiger partial charge in [0.25, 0.3) is 0 Å². The fraction of sp³-hybridized carbons (Fsp3) is 0.200. The fourth-order valence-corrected chi connectivity index (χ4v) is 2.21. The van der Waals surface area contributed by atoms with E-state index in [0.29, 0.717) is 5.69 Å². The van der Waals surface area contributed by atoms with Crippen molar-refractivity contribution in [3.63, 3.8) is 0 Å². The molecule has 2 nitrogen and oxygen atoms in total. The molecular formula is C15H15ClFNO. The number of halogens is 2. The predicted molar refractivity (Wildman–Crippen MR) is 77.0 cm³/mol. The molecule has 0 saturated carbocycles. The summed E-state index contributed by atoms with van der Waals surface area (Å²) in [7, 11) is 3.41. The van der Waals surface area contributed by atoms with E-state index in [1.165, 1.54) is 6.07 Å². The largest absolute Gasteiger partial charge is 0.497 e. The maximum Gasteiger partial charge on any atom is 0.147 e. The van der Waals surface area contributed by atoms with Crippen molar-refractivity contribution in [3.8, 4) is 5.75 Å². The first-order chi connectivity index (χ1) is 9.17. The number of ether oxygens (including phenoxy) is 1. The van der Waals surface area contributed by atoms with Crippen LogP contribution in [0.25, 0.3) is 0 Å². The van der Waals surface area contributed by atoms with Gasteiger partial charge in [0.1, 0.15) is 11.6 Å². The van der Waals surface area contributed by atoms with Crippen molar-refractivity contribution in [2.75, 3.05) is 19.1 Å². The molecule has 0 heterocycles. The van der Waals surface area contributed by atoms with Crippen LogP contribution >= 0.6 is 11.6 Å². The van der Waals surface area contributed by atoms with Gasteiger partial charge in [-0.15, -0.1) is 11.6 Å². The highest BCUT2D eigenvalue weighted by Crippen LogP contribution is 2.32. The van der Waals surface area contributed by atoms with E-state index in [4.69, 9.17) is 16.3 Å². The van der Waals surface area contributed by atoms with Gasteiger partial charge in [-0.05, 0) is 23.8 Å². The minimum atomic E-state index is -0.288. The number of para-hydroxylation sites is 1. The summed E-state index contributed by atoms with van der Waals surface area (Å²) in [5.74, 6) is 0.707. The van der Waals surface area contributed by atoms with Gasteiger partial charge < -0.3 is 9.64 Å². The van der Waals surface area contributed by atoms with Crippen molar-refractivity contribution in [3.05, 3.63) is 53.8 Å². The normalized spacial score (nSPS) is 10.3. The molecule has 0 N–H and O–H groups in total. The smallest absolute Gasteiger partial charge is 0.147 e. The van der Waals surface area contributed by atoms with Crippen LogP contribution in [0.1, 0.15) is 5.56 Å². The van der Waals surface area contributed by atoms with Gasteiger partial charge in [-0.3, -0.25) is 0 Å². The molecule has 2 aromatic rings. The maximum atomic E-state index is 14.0. The molecule has 0 saturated heterocycles. The van der Waals surface area contributed by atoms with Gasteiger partial charge in [0.2, 0.25) is 0 Å². The molecule has 19 heavy (non-hydrogen) atoms. The van der Waals surface area contributed by atoms with Crippen molar-refractivity contribution in [1.29, 1.82) is 0 Å². The molecule has 0 atom stereocenters. The van der Waals surface area contributed by atoms with Gasteiger partial charge in [-0.25, -0.2) is 4.39 Å². The van der Waals surface area contributed by atoms with Crippen molar-refractivity contribution in [1.82, 2.24) is 0 Å². The number of nitrogens with zero attached hydrogens (tertiary/aromatic N) is 1. The predicted octanol–water partition coefficient (Wildman–Crippen LogP) is 4.34. The van der Waals surface area contributed by atoms with Crippen LogP contribution in [-0.2, 0) is 5.88 Å². The Bertz CT molecular complexity index is 574. The number of hydrogen-bond donors (Lipinski definition) is 0. The zero-order chi connectivity index (χ0) is 13.8. The van der Waals surface area contributed by atoms with Crippen LogP contribution < -0.4 is 9.64 Å². The van der Waals surface area contributed by atoms with E-state index in [1.54, 1.807) is 18.1 Å². The van der Waals surface area contributed by atoms with Gasteiger partial charge in [0, 0.05) is 24.7 Å². The standard InChI is InChI=1S/C15H15ClFNO/c1-18(12-6-4-7-13(9-12)19-2)15-11(10-16)5-3-8-14(15)17/h3-9H,10H2,1-2H3. The molecular weight excluding hydrogens is 265 g/mol. The van der Waals surface area contributed by atoms with E-state index in [1.807, 2.05) is 37.4 Å². The van der Waals surface area contributed by atoms with E-state index in [2.05, 4.69) is 0 Å². The number of benzene rings is 2. The molecule has 0 aliphatic rings. The van der Waals surface area contributed by atoms with Crippen LogP contribution in [0.5, 0.6) is 5.75 Å². The molecule has 0 spiro atoms. The van der Waals surface area contributed by atoms with Crippen LogP contribution in [-0.4, -0.2) is 14.2 Å². The Balaban J connectivity index is 2.46. The Morgan fingerprint density at radius 1 is 1.21 bits per heavy atom. The van der Waals surface area contributed by atoms with Gasteiger partial charge in [0.05, 0.1) is 12.8 Å². The summed E-state index contributed by atoms with van der Waals surface area (Å²) in [5.41, 5.74) is 2.09. The van der Waals surface area contributed by atoms with E-state index in [0.717, 1.165) is 17.0 Å². The first-order valence-corrected chi connectivity index (χ1v) is 6.42. The molecule has 0 radical (unpaired) electrons. The molecule has 0 aromatic heterocycles. The third kappa shape index (κ3) is 2.82. The molecule has 0 bridgehead atoms. The van der Waals surface area contributed by atoms with Crippen molar-refractivity contribution >= 4 is 23.0 Å². The number of alkyl halides is 1. The second-order valence-electron chi connectivity index (χ2n) is 4.14. The number of hydrogen-bond acceptors (Lipinski definition) is 2. The summed E-state index contributed by atoms with van der Waals surface area (Å²) in [4.78, 5) is 1.77. The molecule has 0 aliphatic carbocycles. The average Bonchev–Trinajstić information content (AvgIpc) is 2.46. The summed E-state index contributed by atoms with van der Waals surface area (Å²) < 4.78 is 19.2. The Hall–Kier alpha value is -1.74. The average molecular weight is 280 g/mol. The topological polar surface area (TPSA) is 12.5 Å². The molecule has 0 aliphatic heterocycles. The molecule has 100 valence electrons. The first-order valence-electron chi connectivity index (χ1n) is 5.88. The van der Waals surface area contributed by atoms with E-state index >= 15 is 0 Å². The van der Waals surface area contributed by atoms with E-state index in [-0.39, 0.29) is 11.7 Å². The summed E-state index contributed by atoms with van der Waals surface area (Å²) in [5, 5.41) is 0. The van der Waals surface area contributed by atoms with E-state index in [9.17, 15) is 4.39 Å². The third-order valence-corrected chi connectivity index (χ3v) is 3.28. The number of methoxy groups -OCH3 is 1. The van der Waals surface area contributed by atoms with Crippen LogP contribution in [0, 0.1) is 5.82 Å². The highest BCUT2D eigenvalue weighted by molar-refractivity contribution is 6.17. The maximum absolute atomic E-state index is 14.0. The zero-order valence-electron chi connectivity index (χ0n) is 10.9. The van der Waals surface area contributed by atoms with Crippen molar-refractivity contribution in [2.24, 2.45) is 0 Å². The molecule has 0 fully saturated rings. The fourth-order valence-electron chi connectivity index (χ4n) is 1.99. The Labute approximate surface area is 117 Å². The Kier molecular flexibility index (Phi) is 4.27. The Morgan fingerprint density at radius 2 is 1.95 bits per heavy atom. The van der Waals surface area contributed by atoms with Crippen LogP contribution in [0.15, 0.2) is 42.5 Å². The SMILES string of the molecule is COc1cccc(N(C)c2c(F)cccc2CCl)c1. The zero-order valence-corrected chi connectivity index (χ0v) is 11.6. The van der Waals surface area contributed by atoms with Crippen molar-refractivity contribution < 1.29 is 9.13 Å². The second kappa shape index (κ2) is 5.93. The van der Waals surface area contributed by atoms with Gasteiger partial charge >= 0.3 is 0 Å². The molecule has 0 unspecified atom stereocenters. The highest BCUT2D eigenvalue weighted by atomic mass is 35.5. The summed E-state index contributed by atoms with van der Waals surface area (Å²) >= 11 is 5.88. The number of rotatable bonds is 4. The summed E-state index contributed by atoms with van der Waals surface area (Å²) in [6, 6.07) is 12.4. The summed E-state index contributed by atoms with van der Waals surface area (Å²) in [6.07, 6.45) is 0. The van der Waals surface area contributed by atoms with Crippen LogP contribution in [0.3, 0.4) is 0 Å². The Morgan fingerprint density at radius 3 is 2.63 bits per heavy atom. The molecule has 0 amide bonds. The highest BCUT2D eigenvalue weighted by Gasteiger charge is 2.14. The molecule has 4 heteroatoms. The van der Waals surface area contributed by atoms with Gasteiger partial charge in [-0.1, -0.05) is 18.2 Å². The van der Waals surface area contributed by atoms with E-state index < -0.39 is 0 Å². The van der Waals surface area contributed by atoms with Crippen molar-refractivity contribution in [2.45, 2.75) is 5.88 Å². The molecule has 2 aromatic carbocycles. The number of anilines is 2. The monoisotopic (exact) mass is 279 g/mol. The second-order valence-corrected chi connectivity index (χ2v) is 4.41. The third-order valence-electron chi connectivity index (χ3n) is 2.99. The lowest BCUT2D eigenvalue weighted by Gasteiger charge is -2.23. The first kappa shape index (κ1) is 13.7. The lowest BCUT2D eigenvalue weighted by molar-refractivity contribution is 0.415. The minimum Gasteiger partial charge on any atom is -0.497 e. The van der Waals surface area contributed by atoms with Gasteiger partial charge in [0.15, 0.2) is 0 Å². The van der Waals surface area contributed by atoms with Crippen LogP contribution in [0.4, 0.5) is 15.8 Å². The molecule has 2 rings (SSSR count). The lowest BCUT2D eigenvalue weighted by Crippen LogP contribution is -2.13. The summed E-state index contributed by atoms with van der Waals surface area (Å²) in [6.45, 7) is 0. The van der Waals surface area contributed by atoms with Crippen LogP contribution in [0.2, 0.25) is 0 Å². The lowest BCUT2D eigenvalue weighted by atomic mass is 10.1. The van der Waals surface area contributed by atoms with Gasteiger partial charge in [-0.2, -0.15) is 0 Å².